The van der Waals surface area contributed by atoms with Gasteiger partial charge in [-0.2, -0.15) is 0 Å². The van der Waals surface area contributed by atoms with Gasteiger partial charge in [0.2, 0.25) is 0 Å². The normalized spacial score (nSPS) is 18.2. The van der Waals surface area contributed by atoms with Gasteiger partial charge in [0.1, 0.15) is 6.10 Å². The Morgan fingerprint density at radius 2 is 2.58 bits per heavy atom. The predicted octanol–water partition coefficient (Wildman–Crippen LogP) is 2.21. The molecule has 0 bridgehead atoms. The van der Waals surface area contributed by atoms with Gasteiger partial charge >= 0.3 is 5.97 Å². The molecule has 1 unspecified atom stereocenters. The second-order valence-corrected chi connectivity index (χ2v) is 2.94. The van der Waals surface area contributed by atoms with E-state index in [1.54, 1.807) is 6.08 Å². The molecule has 0 saturated carbocycles. The summed E-state index contributed by atoms with van der Waals surface area (Å²) in [5.41, 5.74) is 1.19. The van der Waals surface area contributed by atoms with Crippen LogP contribution in [0.5, 0.6) is 0 Å². The van der Waals surface area contributed by atoms with Crippen molar-refractivity contribution in [3.63, 3.8) is 0 Å². The third-order valence-corrected chi connectivity index (χ3v) is 1.95. The van der Waals surface area contributed by atoms with E-state index in [2.05, 4.69) is 12.7 Å². The van der Waals surface area contributed by atoms with Crippen LogP contribution in [0.25, 0.3) is 0 Å². The molecular weight excluding hydrogens is 152 g/mol. The van der Waals surface area contributed by atoms with Gasteiger partial charge in [0.05, 0.1) is 0 Å². The fourth-order valence-corrected chi connectivity index (χ4v) is 1.41. The zero-order valence-electron chi connectivity index (χ0n) is 7.38. The highest BCUT2D eigenvalue weighted by Gasteiger charge is 2.15. The number of allylic oxidation sites excluding steroid dienone is 1. The Bertz CT molecular complexity index is 216. The van der Waals surface area contributed by atoms with Gasteiger partial charge in [-0.1, -0.05) is 12.7 Å². The SMILES string of the molecule is C=CC(OC(C)=O)C1=CCCC1. The second-order valence-electron chi connectivity index (χ2n) is 2.94. The molecular formula is C10H14O2. The maximum atomic E-state index is 10.7. The Morgan fingerprint density at radius 1 is 1.83 bits per heavy atom. The molecule has 0 fully saturated rings. The van der Waals surface area contributed by atoms with Gasteiger partial charge in [0.15, 0.2) is 0 Å². The summed E-state index contributed by atoms with van der Waals surface area (Å²) in [6.07, 6.45) is 6.92. The molecule has 0 aromatic carbocycles. The Kier molecular flexibility index (Phi) is 3.09. The van der Waals surface area contributed by atoms with Crippen molar-refractivity contribution in [2.24, 2.45) is 0 Å². The maximum absolute atomic E-state index is 10.7. The summed E-state index contributed by atoms with van der Waals surface area (Å²) in [5.74, 6) is -0.243. The molecule has 0 aliphatic heterocycles. The fraction of sp³-hybridized carbons (Fsp3) is 0.500. The number of carbonyl (C=O) groups is 1. The lowest BCUT2D eigenvalue weighted by molar-refractivity contribution is -0.142. The molecule has 0 saturated heterocycles. The Labute approximate surface area is 72.9 Å². The summed E-state index contributed by atoms with van der Waals surface area (Å²) < 4.78 is 5.06. The largest absolute Gasteiger partial charge is 0.454 e. The van der Waals surface area contributed by atoms with Crippen molar-refractivity contribution in [3.8, 4) is 0 Å². The minimum atomic E-state index is -0.243. The molecule has 1 rings (SSSR count). The number of rotatable bonds is 3. The van der Waals surface area contributed by atoms with Crippen LogP contribution >= 0.6 is 0 Å². The molecule has 12 heavy (non-hydrogen) atoms. The molecule has 0 N–H and O–H groups in total. The molecule has 1 atom stereocenters. The van der Waals surface area contributed by atoms with Crippen molar-refractivity contribution in [1.29, 1.82) is 0 Å². The van der Waals surface area contributed by atoms with E-state index in [0.29, 0.717) is 0 Å². The monoisotopic (exact) mass is 166 g/mol. The average molecular weight is 166 g/mol. The van der Waals surface area contributed by atoms with Gasteiger partial charge < -0.3 is 4.74 Å². The van der Waals surface area contributed by atoms with Gasteiger partial charge in [0.25, 0.3) is 0 Å². The van der Waals surface area contributed by atoms with E-state index in [1.165, 1.54) is 18.9 Å². The van der Waals surface area contributed by atoms with Crippen molar-refractivity contribution in [1.82, 2.24) is 0 Å². The number of hydrogen-bond donors (Lipinski definition) is 0. The predicted molar refractivity (Wildman–Crippen MR) is 47.7 cm³/mol. The highest BCUT2D eigenvalue weighted by molar-refractivity contribution is 5.66. The molecule has 0 aromatic rings. The molecule has 0 heterocycles. The van der Waals surface area contributed by atoms with E-state index < -0.39 is 0 Å². The molecule has 2 nitrogen and oxygen atoms in total. The smallest absolute Gasteiger partial charge is 0.303 e. The minimum absolute atomic E-state index is 0.190. The van der Waals surface area contributed by atoms with Crippen LogP contribution in [0, 0.1) is 0 Å². The lowest BCUT2D eigenvalue weighted by atomic mass is 10.1. The van der Waals surface area contributed by atoms with E-state index in [4.69, 9.17) is 4.74 Å². The highest BCUT2D eigenvalue weighted by Crippen LogP contribution is 2.23. The summed E-state index contributed by atoms with van der Waals surface area (Å²) in [6.45, 7) is 5.06. The molecule has 0 spiro atoms. The average Bonchev–Trinajstić information content (AvgIpc) is 2.51. The number of hydrogen-bond acceptors (Lipinski definition) is 2. The first kappa shape index (κ1) is 9.04. The Morgan fingerprint density at radius 3 is 3.00 bits per heavy atom. The Balaban J connectivity index is 2.55. The van der Waals surface area contributed by atoms with Crippen LogP contribution < -0.4 is 0 Å². The van der Waals surface area contributed by atoms with E-state index >= 15 is 0 Å². The van der Waals surface area contributed by atoms with E-state index in [0.717, 1.165) is 12.8 Å². The molecule has 1 aliphatic rings. The minimum Gasteiger partial charge on any atom is -0.454 e. The van der Waals surface area contributed by atoms with Gasteiger partial charge in [-0.3, -0.25) is 4.79 Å². The summed E-state index contributed by atoms with van der Waals surface area (Å²) in [6, 6.07) is 0. The molecule has 0 radical (unpaired) electrons. The number of ether oxygens (including phenoxy) is 1. The molecule has 66 valence electrons. The van der Waals surface area contributed by atoms with Crippen LogP contribution in [0.1, 0.15) is 26.2 Å². The zero-order valence-corrected chi connectivity index (χ0v) is 7.38. The lowest BCUT2D eigenvalue weighted by Crippen LogP contribution is -2.15. The van der Waals surface area contributed by atoms with Crippen molar-refractivity contribution < 1.29 is 9.53 Å². The summed E-state index contributed by atoms with van der Waals surface area (Å²) >= 11 is 0. The summed E-state index contributed by atoms with van der Waals surface area (Å²) in [4.78, 5) is 10.7. The van der Waals surface area contributed by atoms with Gasteiger partial charge in [-0.25, -0.2) is 0 Å². The van der Waals surface area contributed by atoms with Crippen molar-refractivity contribution in [3.05, 3.63) is 24.3 Å². The first-order chi connectivity index (χ1) is 5.74. The fourth-order valence-electron chi connectivity index (χ4n) is 1.41. The van der Waals surface area contributed by atoms with Gasteiger partial charge in [0, 0.05) is 6.92 Å². The molecule has 0 aromatic heterocycles. The molecule has 1 aliphatic carbocycles. The quantitative estimate of drug-likeness (QED) is 0.474. The van der Waals surface area contributed by atoms with E-state index in [-0.39, 0.29) is 12.1 Å². The van der Waals surface area contributed by atoms with E-state index in [9.17, 15) is 4.79 Å². The van der Waals surface area contributed by atoms with Crippen LogP contribution in [-0.4, -0.2) is 12.1 Å². The molecule has 0 amide bonds. The third kappa shape index (κ3) is 2.22. The lowest BCUT2D eigenvalue weighted by Gasteiger charge is -2.13. The van der Waals surface area contributed by atoms with Crippen LogP contribution in [0.15, 0.2) is 24.3 Å². The highest BCUT2D eigenvalue weighted by atomic mass is 16.5. The van der Waals surface area contributed by atoms with Crippen LogP contribution in [0.3, 0.4) is 0 Å². The number of esters is 1. The summed E-state index contributed by atoms with van der Waals surface area (Å²) in [7, 11) is 0. The first-order valence-electron chi connectivity index (χ1n) is 4.22. The van der Waals surface area contributed by atoms with Crippen LogP contribution in [-0.2, 0) is 9.53 Å². The maximum Gasteiger partial charge on any atom is 0.303 e. The van der Waals surface area contributed by atoms with Crippen molar-refractivity contribution >= 4 is 5.97 Å². The second kappa shape index (κ2) is 4.10. The number of carbonyl (C=O) groups excluding carboxylic acids is 1. The summed E-state index contributed by atoms with van der Waals surface area (Å²) in [5, 5.41) is 0. The first-order valence-corrected chi connectivity index (χ1v) is 4.22. The standard InChI is InChI=1S/C10H14O2/c1-3-10(12-8(2)11)9-6-4-5-7-9/h3,6,10H,1,4-5,7H2,2H3. The topological polar surface area (TPSA) is 26.3 Å². The van der Waals surface area contributed by atoms with Gasteiger partial charge in [-0.05, 0) is 30.9 Å². The van der Waals surface area contributed by atoms with E-state index in [1.807, 2.05) is 0 Å². The van der Waals surface area contributed by atoms with Gasteiger partial charge in [-0.15, -0.1) is 0 Å². The van der Waals surface area contributed by atoms with Crippen LogP contribution in [0.2, 0.25) is 0 Å². The van der Waals surface area contributed by atoms with Crippen molar-refractivity contribution in [2.75, 3.05) is 0 Å². The van der Waals surface area contributed by atoms with Crippen molar-refractivity contribution in [2.45, 2.75) is 32.3 Å². The van der Waals surface area contributed by atoms with Crippen LogP contribution in [0.4, 0.5) is 0 Å². The zero-order chi connectivity index (χ0) is 8.97. The molecule has 2 heteroatoms. The Hall–Kier alpha value is -1.05. The third-order valence-electron chi connectivity index (χ3n) is 1.95.